The summed E-state index contributed by atoms with van der Waals surface area (Å²) in [6, 6.07) is 15.4. The normalized spacial score (nSPS) is 18.8. The Morgan fingerprint density at radius 1 is 0.912 bits per heavy atom. The van der Waals surface area contributed by atoms with Gasteiger partial charge in [-0.25, -0.2) is 4.98 Å². The van der Waals surface area contributed by atoms with Crippen LogP contribution in [0.15, 0.2) is 48.7 Å². The van der Waals surface area contributed by atoms with Gasteiger partial charge in [0.25, 0.3) is 0 Å². The first kappa shape index (κ1) is 22.9. The second-order valence-corrected chi connectivity index (χ2v) is 10.4. The number of amides is 1. The number of benzene rings is 2. The molecule has 0 spiro atoms. The molecule has 1 unspecified atom stereocenters. The summed E-state index contributed by atoms with van der Waals surface area (Å²) in [4.78, 5) is 17.6. The molecule has 1 N–H and O–H groups in total. The van der Waals surface area contributed by atoms with Gasteiger partial charge in [-0.2, -0.15) is 0 Å². The Morgan fingerprint density at radius 2 is 1.62 bits per heavy atom. The van der Waals surface area contributed by atoms with Gasteiger partial charge in [0, 0.05) is 37.2 Å². The number of carbonyl (C=O) groups excluding carboxylic acids is 1. The average molecular weight is 456 g/mol. The molecule has 4 nitrogen and oxygen atoms in total. The van der Waals surface area contributed by atoms with E-state index in [2.05, 4.69) is 72.4 Å². The summed E-state index contributed by atoms with van der Waals surface area (Å²) in [6.07, 6.45) is 11.4. The van der Waals surface area contributed by atoms with Gasteiger partial charge in [0.15, 0.2) is 0 Å². The van der Waals surface area contributed by atoms with Crippen molar-refractivity contribution in [2.75, 3.05) is 6.54 Å². The molecule has 0 bridgehead atoms. The number of hydrogen-bond donors (Lipinski definition) is 1. The molecular formula is C30H37N3O. The largest absolute Gasteiger partial charge is 0.356 e. The molecule has 1 amide bonds. The van der Waals surface area contributed by atoms with Crippen molar-refractivity contribution >= 4 is 5.91 Å². The van der Waals surface area contributed by atoms with Crippen LogP contribution in [0.4, 0.5) is 0 Å². The van der Waals surface area contributed by atoms with Crippen molar-refractivity contribution in [3.8, 4) is 22.4 Å². The highest BCUT2D eigenvalue weighted by Gasteiger charge is 2.24. The van der Waals surface area contributed by atoms with E-state index < -0.39 is 0 Å². The fourth-order valence-corrected chi connectivity index (χ4v) is 5.51. The van der Waals surface area contributed by atoms with Crippen molar-refractivity contribution in [1.82, 2.24) is 14.9 Å². The third kappa shape index (κ3) is 5.11. The monoisotopic (exact) mass is 455 g/mol. The minimum absolute atomic E-state index is 0.230. The molecule has 178 valence electrons. The molecule has 2 heterocycles. The lowest BCUT2D eigenvalue weighted by atomic mass is 9.97. The molecule has 34 heavy (non-hydrogen) atoms. The number of imidazole rings is 1. The van der Waals surface area contributed by atoms with Gasteiger partial charge in [0.05, 0.1) is 5.69 Å². The molecule has 1 fully saturated rings. The van der Waals surface area contributed by atoms with E-state index >= 15 is 0 Å². The van der Waals surface area contributed by atoms with Crippen LogP contribution in [0.25, 0.3) is 22.4 Å². The highest BCUT2D eigenvalue weighted by molar-refractivity contribution is 5.78. The van der Waals surface area contributed by atoms with E-state index in [4.69, 9.17) is 4.98 Å². The summed E-state index contributed by atoms with van der Waals surface area (Å²) in [6.45, 7) is 6.04. The number of nitrogens with zero attached hydrogens (tertiary/aromatic N) is 2. The lowest BCUT2D eigenvalue weighted by molar-refractivity contribution is -0.125. The third-order valence-electron chi connectivity index (χ3n) is 7.90. The molecule has 2 aliphatic rings. The first-order valence-corrected chi connectivity index (χ1v) is 13.1. The number of carbonyl (C=O) groups is 1. The van der Waals surface area contributed by atoms with Crippen molar-refractivity contribution in [3.05, 3.63) is 65.6 Å². The third-order valence-corrected chi connectivity index (χ3v) is 7.90. The SMILES string of the molecule is Cc1ccc(-c2ccc(-c3cn4c(n3)CCC(CNC(=O)C3CCCCCC3)C4)cc2)cc1C. The Morgan fingerprint density at radius 3 is 2.35 bits per heavy atom. The molecule has 4 heteroatoms. The standard InChI is InChI=1S/C30H37N3O/c1-21-9-11-27(17-22(21)2)24-12-14-25(15-13-24)28-20-33-19-23(10-16-29(33)32-28)18-31-30(34)26-7-5-3-4-6-8-26/h9,11-15,17,20,23,26H,3-8,10,16,18-19H2,1-2H3,(H,31,34). The second-order valence-electron chi connectivity index (χ2n) is 10.4. The first-order chi connectivity index (χ1) is 16.6. The van der Waals surface area contributed by atoms with Crippen LogP contribution in [-0.4, -0.2) is 22.0 Å². The lowest BCUT2D eigenvalue weighted by Crippen LogP contribution is -2.37. The average Bonchev–Trinajstić information content (AvgIpc) is 3.09. The summed E-state index contributed by atoms with van der Waals surface area (Å²) in [5.41, 5.74) is 7.35. The quantitative estimate of drug-likeness (QED) is 0.447. The number of fused-ring (bicyclic) bond motifs is 1. The van der Waals surface area contributed by atoms with Crippen LogP contribution < -0.4 is 5.32 Å². The molecule has 2 aromatic carbocycles. The summed E-state index contributed by atoms with van der Waals surface area (Å²) in [5.74, 6) is 2.16. The van der Waals surface area contributed by atoms with Crippen LogP contribution in [0, 0.1) is 25.7 Å². The molecule has 0 saturated heterocycles. The molecular weight excluding hydrogens is 418 g/mol. The Balaban J connectivity index is 1.21. The number of aryl methyl sites for hydroxylation is 3. The number of rotatable bonds is 5. The van der Waals surface area contributed by atoms with E-state index in [0.29, 0.717) is 5.92 Å². The van der Waals surface area contributed by atoms with E-state index in [1.807, 2.05) is 0 Å². The predicted octanol–water partition coefficient (Wildman–Crippen LogP) is 6.48. The van der Waals surface area contributed by atoms with Gasteiger partial charge in [-0.3, -0.25) is 4.79 Å². The van der Waals surface area contributed by atoms with Crippen LogP contribution in [-0.2, 0) is 17.8 Å². The summed E-state index contributed by atoms with van der Waals surface area (Å²) >= 11 is 0. The Kier molecular flexibility index (Phi) is 6.85. The zero-order valence-electron chi connectivity index (χ0n) is 20.6. The predicted molar refractivity (Wildman–Crippen MR) is 139 cm³/mol. The molecule has 1 saturated carbocycles. The minimum Gasteiger partial charge on any atom is -0.356 e. The van der Waals surface area contributed by atoms with Gasteiger partial charge in [-0.15, -0.1) is 0 Å². The van der Waals surface area contributed by atoms with Gasteiger partial charge in [-0.05, 0) is 61.3 Å². The van der Waals surface area contributed by atoms with Crippen molar-refractivity contribution in [2.45, 2.75) is 71.8 Å². The molecule has 0 radical (unpaired) electrons. The Hall–Kier alpha value is -2.88. The Labute approximate surface area is 203 Å². The zero-order valence-corrected chi connectivity index (χ0v) is 20.6. The van der Waals surface area contributed by atoms with Crippen molar-refractivity contribution < 1.29 is 4.79 Å². The van der Waals surface area contributed by atoms with Crippen molar-refractivity contribution in [1.29, 1.82) is 0 Å². The summed E-state index contributed by atoms with van der Waals surface area (Å²) in [5, 5.41) is 3.28. The molecule has 1 aromatic heterocycles. The van der Waals surface area contributed by atoms with Crippen LogP contribution in [0.3, 0.4) is 0 Å². The summed E-state index contributed by atoms with van der Waals surface area (Å²) in [7, 11) is 0. The molecule has 5 rings (SSSR count). The smallest absolute Gasteiger partial charge is 0.223 e. The van der Waals surface area contributed by atoms with E-state index in [1.54, 1.807) is 0 Å². The number of nitrogens with one attached hydrogen (secondary N) is 1. The Bertz CT molecular complexity index is 1140. The highest BCUT2D eigenvalue weighted by atomic mass is 16.1. The fourth-order valence-electron chi connectivity index (χ4n) is 5.51. The zero-order chi connectivity index (χ0) is 23.5. The van der Waals surface area contributed by atoms with Crippen LogP contribution in [0.5, 0.6) is 0 Å². The van der Waals surface area contributed by atoms with Crippen molar-refractivity contribution in [2.24, 2.45) is 11.8 Å². The maximum absolute atomic E-state index is 12.7. The van der Waals surface area contributed by atoms with Crippen LogP contribution in [0.1, 0.15) is 61.9 Å². The topological polar surface area (TPSA) is 46.9 Å². The van der Waals surface area contributed by atoms with Gasteiger partial charge in [-0.1, -0.05) is 68.1 Å². The lowest BCUT2D eigenvalue weighted by Gasteiger charge is -2.25. The van der Waals surface area contributed by atoms with Gasteiger partial charge < -0.3 is 9.88 Å². The van der Waals surface area contributed by atoms with Gasteiger partial charge >= 0.3 is 0 Å². The maximum Gasteiger partial charge on any atom is 0.223 e. The maximum atomic E-state index is 12.7. The second kappa shape index (κ2) is 10.2. The van der Waals surface area contributed by atoms with E-state index in [0.717, 1.165) is 50.0 Å². The minimum atomic E-state index is 0.230. The van der Waals surface area contributed by atoms with E-state index in [1.165, 1.54) is 53.8 Å². The van der Waals surface area contributed by atoms with Crippen molar-refractivity contribution in [3.63, 3.8) is 0 Å². The number of hydrogen-bond acceptors (Lipinski definition) is 2. The molecule has 1 aliphatic heterocycles. The first-order valence-electron chi connectivity index (χ1n) is 13.1. The van der Waals surface area contributed by atoms with E-state index in [-0.39, 0.29) is 11.8 Å². The van der Waals surface area contributed by atoms with Crippen LogP contribution in [0.2, 0.25) is 0 Å². The van der Waals surface area contributed by atoms with Crippen LogP contribution >= 0.6 is 0 Å². The summed E-state index contributed by atoms with van der Waals surface area (Å²) < 4.78 is 2.30. The molecule has 1 aliphatic carbocycles. The van der Waals surface area contributed by atoms with E-state index in [9.17, 15) is 4.79 Å². The fraction of sp³-hybridized carbons (Fsp3) is 0.467. The molecule has 3 aromatic rings. The van der Waals surface area contributed by atoms with Gasteiger partial charge in [0.1, 0.15) is 5.82 Å². The van der Waals surface area contributed by atoms with Gasteiger partial charge in [0.2, 0.25) is 5.91 Å². The number of aromatic nitrogens is 2. The molecule has 1 atom stereocenters. The highest BCUT2D eigenvalue weighted by Crippen LogP contribution is 2.28.